The first-order valence-corrected chi connectivity index (χ1v) is 10.3. The molecule has 0 radical (unpaired) electrons. The lowest BCUT2D eigenvalue weighted by atomic mass is 10.1. The fourth-order valence-corrected chi connectivity index (χ4v) is 3.54. The Kier molecular flexibility index (Phi) is 5.69. The zero-order valence-electron chi connectivity index (χ0n) is 17.4. The van der Waals surface area contributed by atoms with Crippen molar-refractivity contribution in [2.75, 3.05) is 0 Å². The van der Waals surface area contributed by atoms with Crippen LogP contribution in [0, 0.1) is 5.92 Å². The molecule has 160 valence electrons. The van der Waals surface area contributed by atoms with Gasteiger partial charge in [-0.15, -0.1) is 0 Å². The number of hydrogen-bond donors (Lipinski definition) is 1. The second-order valence-electron chi connectivity index (χ2n) is 7.72. The van der Waals surface area contributed by atoms with Crippen molar-refractivity contribution in [2.45, 2.75) is 33.4 Å². The van der Waals surface area contributed by atoms with E-state index >= 15 is 0 Å². The Labute approximate surface area is 184 Å². The number of carboxylic acid groups (broad SMARTS) is 1. The van der Waals surface area contributed by atoms with Crippen molar-refractivity contribution in [3.8, 4) is 28.6 Å². The number of carbonyl (C=O) groups is 1. The molecule has 0 fully saturated rings. The summed E-state index contributed by atoms with van der Waals surface area (Å²) in [6, 6.07) is 13.1. The van der Waals surface area contributed by atoms with Gasteiger partial charge in [0.05, 0.1) is 17.0 Å². The van der Waals surface area contributed by atoms with Gasteiger partial charge in [-0.2, -0.15) is 4.98 Å². The Morgan fingerprint density at radius 1 is 1.16 bits per heavy atom. The number of aromatic nitrogens is 3. The largest absolute Gasteiger partial charge is 0.489 e. The average molecular weight is 440 g/mol. The van der Waals surface area contributed by atoms with Crippen LogP contribution in [0.4, 0.5) is 0 Å². The van der Waals surface area contributed by atoms with E-state index in [1.165, 1.54) is 0 Å². The Hall–Kier alpha value is -3.32. The lowest BCUT2D eigenvalue weighted by Crippen LogP contribution is -2.16. The topological polar surface area (TPSA) is 90.4 Å². The summed E-state index contributed by atoms with van der Waals surface area (Å²) in [4.78, 5) is 15.7. The van der Waals surface area contributed by atoms with Gasteiger partial charge < -0.3 is 18.9 Å². The van der Waals surface area contributed by atoms with Gasteiger partial charge >= 0.3 is 5.97 Å². The molecule has 7 nitrogen and oxygen atoms in total. The van der Waals surface area contributed by atoms with Crippen LogP contribution in [0.2, 0.25) is 5.02 Å². The van der Waals surface area contributed by atoms with Crippen LogP contribution in [0.3, 0.4) is 0 Å². The Morgan fingerprint density at radius 2 is 1.94 bits per heavy atom. The minimum atomic E-state index is -0.818. The van der Waals surface area contributed by atoms with Gasteiger partial charge in [-0.3, -0.25) is 4.79 Å². The van der Waals surface area contributed by atoms with Crippen LogP contribution in [0.1, 0.15) is 20.8 Å². The molecule has 0 bridgehead atoms. The van der Waals surface area contributed by atoms with Crippen molar-refractivity contribution >= 4 is 28.5 Å². The highest BCUT2D eigenvalue weighted by Gasteiger charge is 2.16. The summed E-state index contributed by atoms with van der Waals surface area (Å²) >= 11 is 6.32. The van der Waals surface area contributed by atoms with Gasteiger partial charge in [0.15, 0.2) is 0 Å². The highest BCUT2D eigenvalue weighted by Crippen LogP contribution is 2.32. The van der Waals surface area contributed by atoms with Gasteiger partial charge in [-0.05, 0) is 56.3 Å². The van der Waals surface area contributed by atoms with Crippen molar-refractivity contribution in [1.82, 2.24) is 14.7 Å². The molecule has 0 saturated heterocycles. The standard InChI is InChI=1S/C23H22ClN3O4/c1-13(2)30-20-7-5-17(11-18(20)24)22-25-21(26-31-22)16-4-6-19-15(10-16)8-9-27(19)12-14(3)23(28)29/h4-11,13-14H,12H2,1-3H3,(H,28,29)/t14-/m1/s1. The fourth-order valence-electron chi connectivity index (χ4n) is 3.31. The van der Waals surface area contributed by atoms with E-state index in [-0.39, 0.29) is 6.10 Å². The summed E-state index contributed by atoms with van der Waals surface area (Å²) in [5.41, 5.74) is 2.46. The molecule has 0 saturated carbocycles. The van der Waals surface area contributed by atoms with Crippen LogP contribution in [0.15, 0.2) is 53.2 Å². The second kappa shape index (κ2) is 8.43. The van der Waals surface area contributed by atoms with E-state index in [0.717, 1.165) is 16.5 Å². The van der Waals surface area contributed by atoms with Gasteiger partial charge in [0, 0.05) is 34.8 Å². The minimum Gasteiger partial charge on any atom is -0.489 e. The minimum absolute atomic E-state index is 0.0236. The molecule has 4 aromatic rings. The fraction of sp³-hybridized carbons (Fsp3) is 0.261. The molecule has 31 heavy (non-hydrogen) atoms. The summed E-state index contributed by atoms with van der Waals surface area (Å²) in [6.45, 7) is 5.97. The highest BCUT2D eigenvalue weighted by atomic mass is 35.5. The van der Waals surface area contributed by atoms with Crippen molar-refractivity contribution in [1.29, 1.82) is 0 Å². The molecule has 0 aliphatic heterocycles. The highest BCUT2D eigenvalue weighted by molar-refractivity contribution is 6.32. The van der Waals surface area contributed by atoms with Crippen LogP contribution in [-0.2, 0) is 11.3 Å². The molecular weight excluding hydrogens is 418 g/mol. The number of nitrogens with zero attached hydrogens (tertiary/aromatic N) is 3. The molecule has 0 amide bonds. The average Bonchev–Trinajstić information content (AvgIpc) is 3.36. The first-order valence-electron chi connectivity index (χ1n) is 9.94. The van der Waals surface area contributed by atoms with Gasteiger partial charge in [0.1, 0.15) is 5.75 Å². The van der Waals surface area contributed by atoms with E-state index in [1.54, 1.807) is 19.1 Å². The zero-order chi connectivity index (χ0) is 22.1. The number of carboxylic acids is 1. The maximum Gasteiger partial charge on any atom is 0.308 e. The molecule has 8 heteroatoms. The van der Waals surface area contributed by atoms with Crippen molar-refractivity contribution in [3.63, 3.8) is 0 Å². The van der Waals surface area contributed by atoms with Crippen molar-refractivity contribution in [3.05, 3.63) is 53.7 Å². The van der Waals surface area contributed by atoms with E-state index < -0.39 is 11.9 Å². The number of fused-ring (bicyclic) bond motifs is 1. The Morgan fingerprint density at radius 3 is 2.65 bits per heavy atom. The molecule has 4 rings (SSSR count). The lowest BCUT2D eigenvalue weighted by molar-refractivity contribution is -0.141. The third kappa shape index (κ3) is 4.41. The predicted octanol–water partition coefficient (Wildman–Crippen LogP) is 5.52. The van der Waals surface area contributed by atoms with E-state index in [1.807, 2.05) is 54.9 Å². The van der Waals surface area contributed by atoms with Crippen LogP contribution in [0.25, 0.3) is 33.7 Å². The van der Waals surface area contributed by atoms with E-state index in [2.05, 4.69) is 10.1 Å². The molecule has 2 heterocycles. The summed E-state index contributed by atoms with van der Waals surface area (Å²) in [5.74, 6) is 0.136. The van der Waals surface area contributed by atoms with E-state index in [4.69, 9.17) is 26.0 Å². The molecule has 0 spiro atoms. The molecule has 1 atom stereocenters. The molecule has 1 N–H and O–H groups in total. The van der Waals surface area contributed by atoms with Gasteiger partial charge in [-0.25, -0.2) is 0 Å². The summed E-state index contributed by atoms with van der Waals surface area (Å²) in [7, 11) is 0. The molecule has 0 aliphatic rings. The van der Waals surface area contributed by atoms with Gasteiger partial charge in [0.25, 0.3) is 5.89 Å². The summed E-state index contributed by atoms with van der Waals surface area (Å²) < 4.78 is 13.0. The van der Waals surface area contributed by atoms with Crippen LogP contribution >= 0.6 is 11.6 Å². The number of rotatable bonds is 7. The van der Waals surface area contributed by atoms with E-state index in [9.17, 15) is 4.79 Å². The first kappa shape index (κ1) is 20.9. The quantitative estimate of drug-likeness (QED) is 0.407. The second-order valence-corrected chi connectivity index (χ2v) is 8.12. The van der Waals surface area contributed by atoms with Crippen LogP contribution in [-0.4, -0.2) is 31.9 Å². The molecular formula is C23H22ClN3O4. The van der Waals surface area contributed by atoms with Gasteiger partial charge in [0.2, 0.25) is 5.82 Å². The Bertz CT molecular complexity index is 1240. The maximum atomic E-state index is 11.2. The van der Waals surface area contributed by atoms with Crippen LogP contribution in [0.5, 0.6) is 5.75 Å². The predicted molar refractivity (Wildman–Crippen MR) is 118 cm³/mol. The molecule has 0 unspecified atom stereocenters. The van der Waals surface area contributed by atoms with Crippen molar-refractivity contribution in [2.24, 2.45) is 5.92 Å². The third-order valence-corrected chi connectivity index (χ3v) is 5.18. The number of aliphatic carboxylic acids is 1. The SMILES string of the molecule is CC(C)Oc1ccc(-c2nc(-c3ccc4c(ccn4C[C@@H](C)C(=O)O)c3)no2)cc1Cl. The lowest BCUT2D eigenvalue weighted by Gasteiger charge is -2.11. The monoisotopic (exact) mass is 439 g/mol. The molecule has 2 aromatic heterocycles. The van der Waals surface area contributed by atoms with E-state index in [0.29, 0.717) is 34.6 Å². The summed E-state index contributed by atoms with van der Waals surface area (Å²) in [5, 5.41) is 14.7. The number of halogens is 1. The Balaban J connectivity index is 1.59. The first-order chi connectivity index (χ1) is 14.8. The maximum absolute atomic E-state index is 11.2. The third-order valence-electron chi connectivity index (χ3n) is 4.89. The number of benzene rings is 2. The summed E-state index contributed by atoms with van der Waals surface area (Å²) in [6.07, 6.45) is 1.91. The number of ether oxygens (including phenoxy) is 1. The zero-order valence-corrected chi connectivity index (χ0v) is 18.1. The molecule has 2 aromatic carbocycles. The number of hydrogen-bond acceptors (Lipinski definition) is 5. The van der Waals surface area contributed by atoms with Gasteiger partial charge in [-0.1, -0.05) is 23.7 Å². The smallest absolute Gasteiger partial charge is 0.308 e. The molecule has 0 aliphatic carbocycles. The van der Waals surface area contributed by atoms with Crippen molar-refractivity contribution < 1.29 is 19.2 Å². The normalized spacial score (nSPS) is 12.4. The van der Waals surface area contributed by atoms with Crippen LogP contribution < -0.4 is 4.74 Å².